The van der Waals surface area contributed by atoms with Crippen LogP contribution in [0, 0.1) is 0 Å². The van der Waals surface area contributed by atoms with Crippen molar-refractivity contribution < 1.29 is 9.22 Å². The Morgan fingerprint density at radius 3 is 2.57 bits per heavy atom. The fourth-order valence-corrected chi connectivity index (χ4v) is 13.2. The van der Waals surface area contributed by atoms with E-state index in [0.29, 0.717) is 28.0 Å². The number of hydrogen-bond donors (Lipinski definition) is 1. The number of carbonyl (C=O) groups excluding carboxylic acids is 1. The summed E-state index contributed by atoms with van der Waals surface area (Å²) in [6, 6.07) is 2.31. The molecule has 2 aromatic heterocycles. The van der Waals surface area contributed by atoms with Gasteiger partial charge in [0, 0.05) is 18.3 Å². The van der Waals surface area contributed by atoms with Crippen molar-refractivity contribution in [2.75, 3.05) is 5.32 Å². The number of anilines is 1. The molecule has 5 nitrogen and oxygen atoms in total. The Balaban J connectivity index is 1.42. The van der Waals surface area contributed by atoms with Crippen LogP contribution in [0.1, 0.15) is 107 Å². The van der Waals surface area contributed by atoms with Gasteiger partial charge in [0.05, 0.1) is 10.4 Å². The first-order valence-corrected chi connectivity index (χ1v) is 17.3. The van der Waals surface area contributed by atoms with Crippen LogP contribution in [0.2, 0.25) is 16.6 Å². The maximum absolute atomic E-state index is 13.5. The van der Waals surface area contributed by atoms with Crippen molar-refractivity contribution >= 4 is 31.3 Å². The normalized spacial score (nSPS) is 20.6. The van der Waals surface area contributed by atoms with Gasteiger partial charge >= 0.3 is 0 Å². The minimum absolute atomic E-state index is 0.00798. The van der Waals surface area contributed by atoms with Crippen molar-refractivity contribution in [1.82, 2.24) is 9.97 Å². The lowest BCUT2D eigenvalue weighted by Gasteiger charge is -2.44. The van der Waals surface area contributed by atoms with E-state index in [0.717, 1.165) is 30.6 Å². The maximum Gasteiger partial charge on any atom is 0.208 e. The number of rotatable bonds is 11. The SMILES string of the molecule is CC(C)[Si](O[C@H]1CC[C@@H](Nc2ncncc2C(=O)c2cc(CC3=CCCCC3)cs2)C1)(C(C)C)C(C)C. The van der Waals surface area contributed by atoms with Gasteiger partial charge in [-0.2, -0.15) is 0 Å². The fraction of sp³-hybridized carbons (Fsp3) is 0.633. The first kappa shape index (κ1) is 28.2. The highest BCUT2D eigenvalue weighted by Crippen LogP contribution is 2.45. The highest BCUT2D eigenvalue weighted by molar-refractivity contribution is 7.12. The lowest BCUT2D eigenvalue weighted by Crippen LogP contribution is -2.50. The zero-order valence-electron chi connectivity index (χ0n) is 23.5. The van der Waals surface area contributed by atoms with Gasteiger partial charge in [0.1, 0.15) is 12.1 Å². The second-order valence-electron chi connectivity index (χ2n) is 11.9. The summed E-state index contributed by atoms with van der Waals surface area (Å²) in [4.78, 5) is 22.9. The number of thiophene rings is 1. The van der Waals surface area contributed by atoms with Crippen molar-refractivity contribution in [3.8, 4) is 0 Å². The third kappa shape index (κ3) is 6.43. The molecule has 1 N–H and O–H groups in total. The number of aromatic nitrogens is 2. The molecule has 2 aliphatic carbocycles. The van der Waals surface area contributed by atoms with Crippen LogP contribution in [0.25, 0.3) is 0 Å². The molecule has 1 saturated carbocycles. The monoisotopic (exact) mass is 539 g/mol. The molecule has 0 spiro atoms. The zero-order chi connectivity index (χ0) is 26.6. The molecule has 2 aliphatic rings. The van der Waals surface area contributed by atoms with E-state index in [1.54, 1.807) is 6.20 Å². The van der Waals surface area contributed by atoms with E-state index >= 15 is 0 Å². The molecular formula is C30H45N3O2SSi. The molecule has 2 atom stereocenters. The molecule has 0 radical (unpaired) electrons. The van der Waals surface area contributed by atoms with Gasteiger partial charge in [-0.15, -0.1) is 11.3 Å². The van der Waals surface area contributed by atoms with Gasteiger partial charge in [0.25, 0.3) is 0 Å². The minimum Gasteiger partial charge on any atom is -0.413 e. The van der Waals surface area contributed by atoms with Gasteiger partial charge in [0.2, 0.25) is 14.1 Å². The smallest absolute Gasteiger partial charge is 0.208 e. The number of nitrogens with zero attached hydrogens (tertiary/aromatic N) is 2. The zero-order valence-corrected chi connectivity index (χ0v) is 25.4. The van der Waals surface area contributed by atoms with Crippen molar-refractivity contribution in [1.29, 1.82) is 0 Å². The van der Waals surface area contributed by atoms with Gasteiger partial charge < -0.3 is 9.74 Å². The molecule has 0 amide bonds. The lowest BCUT2D eigenvalue weighted by molar-refractivity contribution is 0.104. The summed E-state index contributed by atoms with van der Waals surface area (Å²) < 4.78 is 7.06. The lowest BCUT2D eigenvalue weighted by atomic mass is 9.95. The summed E-state index contributed by atoms with van der Waals surface area (Å²) in [7, 11) is -1.91. The van der Waals surface area contributed by atoms with Crippen LogP contribution >= 0.6 is 11.3 Å². The van der Waals surface area contributed by atoms with E-state index in [1.807, 2.05) is 0 Å². The van der Waals surface area contributed by atoms with E-state index in [-0.39, 0.29) is 17.9 Å². The minimum atomic E-state index is -1.91. The van der Waals surface area contributed by atoms with E-state index < -0.39 is 8.32 Å². The molecule has 37 heavy (non-hydrogen) atoms. The summed E-state index contributed by atoms with van der Waals surface area (Å²) in [5, 5.41) is 5.73. The Morgan fingerprint density at radius 2 is 1.89 bits per heavy atom. The van der Waals surface area contributed by atoms with Gasteiger partial charge in [-0.1, -0.05) is 53.2 Å². The summed E-state index contributed by atoms with van der Waals surface area (Å²) >= 11 is 1.53. The topological polar surface area (TPSA) is 64.1 Å². The summed E-state index contributed by atoms with van der Waals surface area (Å²) in [5.74, 6) is 0.657. The van der Waals surface area contributed by atoms with Crippen LogP contribution in [0.15, 0.2) is 35.6 Å². The van der Waals surface area contributed by atoms with Crippen molar-refractivity contribution in [3.05, 3.63) is 51.6 Å². The molecule has 0 aromatic carbocycles. The molecule has 0 bridgehead atoms. The molecule has 202 valence electrons. The summed E-state index contributed by atoms with van der Waals surface area (Å²) in [5.41, 5.74) is 5.04. The van der Waals surface area contributed by atoms with Crippen molar-refractivity contribution in [3.63, 3.8) is 0 Å². The van der Waals surface area contributed by atoms with E-state index in [4.69, 9.17) is 4.43 Å². The van der Waals surface area contributed by atoms with Crippen LogP contribution in [0.4, 0.5) is 5.82 Å². The molecule has 0 saturated heterocycles. The van der Waals surface area contributed by atoms with Crippen molar-refractivity contribution in [2.45, 2.75) is 122 Å². The fourth-order valence-electron chi connectivity index (χ4n) is 6.73. The molecule has 7 heteroatoms. The quantitative estimate of drug-likeness (QED) is 0.177. The Hall–Kier alpha value is -1.83. The average Bonchev–Trinajstić information content (AvgIpc) is 3.52. The molecule has 0 unspecified atom stereocenters. The molecule has 2 aromatic rings. The number of allylic oxidation sites excluding steroid dienone is 2. The van der Waals surface area contributed by atoms with E-state index in [2.05, 4.69) is 74.3 Å². The van der Waals surface area contributed by atoms with Crippen molar-refractivity contribution in [2.24, 2.45) is 0 Å². The third-order valence-corrected chi connectivity index (χ3v) is 15.6. The predicted molar refractivity (Wildman–Crippen MR) is 157 cm³/mol. The Kier molecular flexibility index (Phi) is 9.41. The second-order valence-corrected chi connectivity index (χ2v) is 18.2. The van der Waals surface area contributed by atoms with E-state index in [1.165, 1.54) is 54.5 Å². The van der Waals surface area contributed by atoms with Gasteiger partial charge in [-0.05, 0) is 85.0 Å². The predicted octanol–water partition coefficient (Wildman–Crippen LogP) is 8.34. The largest absolute Gasteiger partial charge is 0.413 e. The number of hydrogen-bond acceptors (Lipinski definition) is 6. The van der Waals surface area contributed by atoms with Crippen LogP contribution in [0.3, 0.4) is 0 Å². The Morgan fingerprint density at radius 1 is 1.14 bits per heavy atom. The van der Waals surface area contributed by atoms with Crippen LogP contribution in [-0.4, -0.2) is 36.2 Å². The Bertz CT molecular complexity index is 1070. The van der Waals surface area contributed by atoms with Crippen LogP contribution in [0.5, 0.6) is 0 Å². The summed E-state index contributed by atoms with van der Waals surface area (Å²) in [6.07, 6.45) is 14.8. The highest BCUT2D eigenvalue weighted by Gasteiger charge is 2.47. The highest BCUT2D eigenvalue weighted by atomic mass is 32.1. The molecule has 4 rings (SSSR count). The number of nitrogens with one attached hydrogen (secondary N) is 1. The third-order valence-electron chi connectivity index (χ3n) is 8.45. The Labute approximate surface area is 228 Å². The second kappa shape index (κ2) is 12.3. The van der Waals surface area contributed by atoms with Gasteiger partial charge in [0.15, 0.2) is 0 Å². The van der Waals surface area contributed by atoms with Crippen LogP contribution in [-0.2, 0) is 10.8 Å². The molecule has 1 fully saturated rings. The summed E-state index contributed by atoms with van der Waals surface area (Å²) in [6.45, 7) is 14.1. The molecule has 0 aliphatic heterocycles. The average molecular weight is 540 g/mol. The number of carbonyl (C=O) groups is 1. The van der Waals surface area contributed by atoms with E-state index in [9.17, 15) is 4.79 Å². The maximum atomic E-state index is 13.5. The first-order chi connectivity index (χ1) is 17.7. The van der Waals surface area contributed by atoms with Crippen LogP contribution < -0.4 is 5.32 Å². The van der Waals surface area contributed by atoms with Gasteiger partial charge in [-0.25, -0.2) is 9.97 Å². The molecule has 2 heterocycles. The first-order valence-electron chi connectivity index (χ1n) is 14.2. The molecular weight excluding hydrogens is 495 g/mol. The number of ketones is 1. The standard InChI is InChI=1S/C30H45N3O2SSi/c1-20(2)37(21(3)4,22(5)6)35-26-13-12-25(16-26)33-30-27(17-31-19-32-30)29(34)28-15-24(18-36-28)14-23-10-8-7-9-11-23/h10,15,17-22,25-26H,7-9,11-14,16H2,1-6H3,(H,31,32,33)/t25-,26+/m1/s1. The van der Waals surface area contributed by atoms with Gasteiger partial charge in [-0.3, -0.25) is 4.79 Å².